The predicted molar refractivity (Wildman–Crippen MR) is 94.1 cm³/mol. The van der Waals surface area contributed by atoms with E-state index in [9.17, 15) is 4.79 Å². The standard InChI is InChI=1S/C20H22N2O/c1-3-16-6-4-7-17(14-16)18-8-5-9-19(21-18)20(23)22-12-10-15(2)11-13-22/h3-9,14-15H,1,10-13H2,2H3. The molecule has 3 nitrogen and oxygen atoms in total. The molecule has 23 heavy (non-hydrogen) atoms. The van der Waals surface area contributed by atoms with E-state index >= 15 is 0 Å². The second kappa shape index (κ2) is 6.78. The molecule has 2 aromatic rings. The molecule has 1 aromatic carbocycles. The summed E-state index contributed by atoms with van der Waals surface area (Å²) in [5, 5.41) is 0. The maximum atomic E-state index is 12.7. The summed E-state index contributed by atoms with van der Waals surface area (Å²) in [6.07, 6.45) is 3.97. The Morgan fingerprint density at radius 2 is 1.96 bits per heavy atom. The molecule has 1 aromatic heterocycles. The number of amides is 1. The second-order valence-corrected chi connectivity index (χ2v) is 6.21. The number of hydrogen-bond donors (Lipinski definition) is 0. The van der Waals surface area contributed by atoms with E-state index in [2.05, 4.69) is 18.5 Å². The first kappa shape index (κ1) is 15.5. The third-order valence-corrected chi connectivity index (χ3v) is 4.46. The minimum atomic E-state index is 0.0404. The monoisotopic (exact) mass is 306 g/mol. The van der Waals surface area contributed by atoms with E-state index in [4.69, 9.17) is 0 Å². The Bertz CT molecular complexity index is 715. The van der Waals surface area contributed by atoms with Crippen LogP contribution in [-0.4, -0.2) is 28.9 Å². The van der Waals surface area contributed by atoms with Crippen molar-refractivity contribution in [2.45, 2.75) is 19.8 Å². The normalized spacial score (nSPS) is 15.4. The van der Waals surface area contributed by atoms with Gasteiger partial charge in [-0.1, -0.05) is 43.8 Å². The summed E-state index contributed by atoms with van der Waals surface area (Å²) >= 11 is 0. The van der Waals surface area contributed by atoms with Crippen molar-refractivity contribution >= 4 is 12.0 Å². The highest BCUT2D eigenvalue weighted by atomic mass is 16.2. The number of hydrogen-bond acceptors (Lipinski definition) is 2. The molecule has 0 radical (unpaired) electrons. The Balaban J connectivity index is 1.84. The van der Waals surface area contributed by atoms with Crippen LogP contribution in [0, 0.1) is 5.92 Å². The maximum Gasteiger partial charge on any atom is 0.272 e. The van der Waals surface area contributed by atoms with Crippen LogP contribution >= 0.6 is 0 Å². The number of nitrogens with zero attached hydrogens (tertiary/aromatic N) is 2. The number of aromatic nitrogens is 1. The lowest BCUT2D eigenvalue weighted by atomic mass is 9.99. The molecule has 2 heterocycles. The largest absolute Gasteiger partial charge is 0.337 e. The maximum absolute atomic E-state index is 12.7. The van der Waals surface area contributed by atoms with Gasteiger partial charge in [0.05, 0.1) is 5.69 Å². The van der Waals surface area contributed by atoms with Gasteiger partial charge in [0.15, 0.2) is 0 Å². The zero-order valence-corrected chi connectivity index (χ0v) is 13.5. The third-order valence-electron chi connectivity index (χ3n) is 4.46. The smallest absolute Gasteiger partial charge is 0.272 e. The Morgan fingerprint density at radius 3 is 2.70 bits per heavy atom. The van der Waals surface area contributed by atoms with Gasteiger partial charge in [0.25, 0.3) is 5.91 Å². The molecule has 1 aliphatic heterocycles. The zero-order chi connectivity index (χ0) is 16.2. The van der Waals surface area contributed by atoms with Gasteiger partial charge in [-0.2, -0.15) is 0 Å². The summed E-state index contributed by atoms with van der Waals surface area (Å²) in [5.74, 6) is 0.749. The lowest BCUT2D eigenvalue weighted by Gasteiger charge is -2.30. The Hall–Kier alpha value is -2.42. The molecule has 1 fully saturated rings. The van der Waals surface area contributed by atoms with Gasteiger partial charge in [-0.3, -0.25) is 4.79 Å². The molecular formula is C20H22N2O. The van der Waals surface area contributed by atoms with Crippen LogP contribution in [0.1, 0.15) is 35.8 Å². The van der Waals surface area contributed by atoms with Crippen LogP contribution in [0.4, 0.5) is 0 Å². The van der Waals surface area contributed by atoms with Gasteiger partial charge >= 0.3 is 0 Å². The molecule has 0 N–H and O–H groups in total. The molecule has 1 aliphatic rings. The number of piperidine rings is 1. The highest BCUT2D eigenvalue weighted by Gasteiger charge is 2.22. The molecule has 118 valence electrons. The Labute approximate surface area is 137 Å². The minimum Gasteiger partial charge on any atom is -0.337 e. The van der Waals surface area contributed by atoms with Gasteiger partial charge in [-0.15, -0.1) is 0 Å². The lowest BCUT2D eigenvalue weighted by molar-refractivity contribution is 0.0691. The second-order valence-electron chi connectivity index (χ2n) is 6.21. The van der Waals surface area contributed by atoms with E-state index in [1.807, 2.05) is 47.4 Å². The summed E-state index contributed by atoms with van der Waals surface area (Å²) in [6, 6.07) is 13.7. The van der Waals surface area contributed by atoms with Crippen molar-refractivity contribution in [1.82, 2.24) is 9.88 Å². The fraction of sp³-hybridized carbons (Fsp3) is 0.300. The van der Waals surface area contributed by atoms with Gasteiger partial charge in [0.1, 0.15) is 5.69 Å². The van der Waals surface area contributed by atoms with Gasteiger partial charge in [0.2, 0.25) is 0 Å². The molecule has 0 unspecified atom stereocenters. The molecule has 0 spiro atoms. The van der Waals surface area contributed by atoms with Crippen molar-refractivity contribution in [1.29, 1.82) is 0 Å². The van der Waals surface area contributed by atoms with Crippen LogP contribution in [0.5, 0.6) is 0 Å². The molecular weight excluding hydrogens is 284 g/mol. The minimum absolute atomic E-state index is 0.0404. The van der Waals surface area contributed by atoms with E-state index in [1.54, 1.807) is 6.07 Å². The average molecular weight is 306 g/mol. The topological polar surface area (TPSA) is 33.2 Å². The Morgan fingerprint density at radius 1 is 1.22 bits per heavy atom. The van der Waals surface area contributed by atoms with Crippen molar-refractivity contribution in [3.8, 4) is 11.3 Å². The highest BCUT2D eigenvalue weighted by Crippen LogP contribution is 2.21. The van der Waals surface area contributed by atoms with E-state index in [-0.39, 0.29) is 5.91 Å². The SMILES string of the molecule is C=Cc1cccc(-c2cccc(C(=O)N3CCC(C)CC3)n2)c1. The van der Waals surface area contributed by atoms with E-state index in [0.717, 1.165) is 42.8 Å². The Kier molecular flexibility index (Phi) is 4.56. The van der Waals surface area contributed by atoms with Crippen LogP contribution in [0.3, 0.4) is 0 Å². The van der Waals surface area contributed by atoms with E-state index in [0.29, 0.717) is 11.6 Å². The summed E-state index contributed by atoms with van der Waals surface area (Å²) in [5.41, 5.74) is 3.40. The summed E-state index contributed by atoms with van der Waals surface area (Å²) < 4.78 is 0. The quantitative estimate of drug-likeness (QED) is 0.848. The molecule has 0 saturated carbocycles. The van der Waals surface area contributed by atoms with Crippen LogP contribution in [0.2, 0.25) is 0 Å². The summed E-state index contributed by atoms with van der Waals surface area (Å²) in [6.45, 7) is 7.70. The molecule has 1 saturated heterocycles. The first-order valence-electron chi connectivity index (χ1n) is 8.16. The number of pyridine rings is 1. The van der Waals surface area contributed by atoms with E-state index < -0.39 is 0 Å². The lowest BCUT2D eigenvalue weighted by Crippen LogP contribution is -2.38. The van der Waals surface area contributed by atoms with Gasteiger partial charge < -0.3 is 4.90 Å². The van der Waals surface area contributed by atoms with Gasteiger partial charge in [0, 0.05) is 18.7 Å². The van der Waals surface area contributed by atoms with Crippen LogP contribution in [-0.2, 0) is 0 Å². The van der Waals surface area contributed by atoms with Crippen LogP contribution in [0.15, 0.2) is 49.0 Å². The summed E-state index contributed by atoms with van der Waals surface area (Å²) in [4.78, 5) is 19.2. The predicted octanol–water partition coefficient (Wildman–Crippen LogP) is 4.26. The highest BCUT2D eigenvalue weighted by molar-refractivity contribution is 5.93. The van der Waals surface area contributed by atoms with Gasteiger partial charge in [-0.25, -0.2) is 4.98 Å². The number of benzene rings is 1. The number of rotatable bonds is 3. The van der Waals surface area contributed by atoms with Crippen molar-refractivity contribution in [2.75, 3.05) is 13.1 Å². The number of carbonyl (C=O) groups excluding carboxylic acids is 1. The molecule has 3 heteroatoms. The van der Waals surface area contributed by atoms with E-state index in [1.165, 1.54) is 0 Å². The molecule has 3 rings (SSSR count). The number of carbonyl (C=O) groups is 1. The molecule has 0 bridgehead atoms. The molecule has 1 amide bonds. The third kappa shape index (κ3) is 3.50. The van der Waals surface area contributed by atoms with Crippen molar-refractivity contribution in [3.63, 3.8) is 0 Å². The fourth-order valence-corrected chi connectivity index (χ4v) is 2.91. The van der Waals surface area contributed by atoms with Gasteiger partial charge in [-0.05, 0) is 42.5 Å². The molecule has 0 aliphatic carbocycles. The van der Waals surface area contributed by atoms with Crippen LogP contribution < -0.4 is 0 Å². The van der Waals surface area contributed by atoms with Crippen molar-refractivity contribution < 1.29 is 4.79 Å². The fourth-order valence-electron chi connectivity index (χ4n) is 2.91. The first-order valence-corrected chi connectivity index (χ1v) is 8.16. The van der Waals surface area contributed by atoms with Crippen LogP contribution in [0.25, 0.3) is 17.3 Å². The zero-order valence-electron chi connectivity index (χ0n) is 13.5. The average Bonchev–Trinajstić information content (AvgIpc) is 2.62. The number of likely N-dealkylation sites (tertiary alicyclic amines) is 1. The first-order chi connectivity index (χ1) is 11.2. The summed E-state index contributed by atoms with van der Waals surface area (Å²) in [7, 11) is 0. The van der Waals surface area contributed by atoms with Crippen molar-refractivity contribution in [3.05, 3.63) is 60.3 Å². The molecule has 0 atom stereocenters. The van der Waals surface area contributed by atoms with Crippen molar-refractivity contribution in [2.24, 2.45) is 5.92 Å².